The fraction of sp³-hybridized carbons (Fsp3) is 0.286. The van der Waals surface area contributed by atoms with Crippen molar-refractivity contribution in [3.63, 3.8) is 0 Å². The molecule has 3 aliphatic carbocycles. The number of rotatable bonds is 8. The van der Waals surface area contributed by atoms with Crippen molar-refractivity contribution in [3.05, 3.63) is 149 Å². The van der Waals surface area contributed by atoms with E-state index < -0.39 is 21.7 Å². The third kappa shape index (κ3) is 2.93. The minimum Gasteiger partial charge on any atom is -0.298 e. The van der Waals surface area contributed by atoms with E-state index in [4.69, 9.17) is 0 Å². The van der Waals surface area contributed by atoms with Gasteiger partial charge < -0.3 is 0 Å². The molecule has 2 nitrogen and oxygen atoms in total. The van der Waals surface area contributed by atoms with Gasteiger partial charge in [-0.2, -0.15) is 0 Å². The van der Waals surface area contributed by atoms with Gasteiger partial charge in [0, 0.05) is 5.57 Å². The van der Waals surface area contributed by atoms with Crippen molar-refractivity contribution >= 4 is 28.3 Å². The molecule has 2 bridgehead atoms. The number of carbonyl (C=O) groups excluding carboxylic acids is 2. The summed E-state index contributed by atoms with van der Waals surface area (Å²) in [6.45, 7) is 8.61. The Bertz CT molecular complexity index is 1820. The molecule has 4 unspecified atom stereocenters. The Morgan fingerprint density at radius 2 is 0.886 bits per heavy atom. The number of fused-ring (bicyclic) bond motifs is 5. The molecule has 0 radical (unpaired) electrons. The van der Waals surface area contributed by atoms with Crippen molar-refractivity contribution in [2.45, 2.75) is 58.8 Å². The van der Waals surface area contributed by atoms with E-state index in [1.165, 1.54) is 0 Å². The Hall–Kier alpha value is -4.30. The summed E-state index contributed by atoms with van der Waals surface area (Å²) < 4.78 is 0. The molecule has 0 spiro atoms. The molecule has 220 valence electrons. The first-order valence-electron chi connectivity index (χ1n) is 16.3. The zero-order valence-electron chi connectivity index (χ0n) is 26.2. The quantitative estimate of drug-likeness (QED) is 0.209. The molecule has 4 aromatic carbocycles. The van der Waals surface area contributed by atoms with Crippen LogP contribution in [0.15, 0.2) is 127 Å². The molecule has 4 atom stereocenters. The highest BCUT2D eigenvalue weighted by molar-refractivity contribution is 6.34. The summed E-state index contributed by atoms with van der Waals surface area (Å²) >= 11 is 0. The second-order valence-electron chi connectivity index (χ2n) is 12.6. The first kappa shape index (κ1) is 28.5. The van der Waals surface area contributed by atoms with Crippen LogP contribution < -0.4 is 0 Å². The van der Waals surface area contributed by atoms with Crippen LogP contribution in [0.4, 0.5) is 0 Å². The molecule has 0 amide bonds. The SMILES string of the molecule is CCC1=C(c2ccccc2)C2(c3ccccc3)C3(CC)C(=O)C(CC)(C(c4ccccc4)=C3c3ccccc3)C2(CC)C1=O. The van der Waals surface area contributed by atoms with Crippen LogP contribution in [0.5, 0.6) is 0 Å². The number of hydrogen-bond donors (Lipinski definition) is 0. The van der Waals surface area contributed by atoms with E-state index in [0.29, 0.717) is 25.7 Å². The monoisotopic (exact) mass is 576 g/mol. The highest BCUT2D eigenvalue weighted by Gasteiger charge is 2.90. The Morgan fingerprint density at radius 3 is 1.30 bits per heavy atom. The Labute approximate surface area is 261 Å². The Balaban J connectivity index is 1.80. The van der Waals surface area contributed by atoms with E-state index in [1.54, 1.807) is 0 Å². The first-order chi connectivity index (χ1) is 21.5. The topological polar surface area (TPSA) is 34.1 Å². The summed E-state index contributed by atoms with van der Waals surface area (Å²) in [5.74, 6) is 0.381. The number of allylic oxidation sites excluding steroid dienone is 4. The second-order valence-corrected chi connectivity index (χ2v) is 12.6. The van der Waals surface area contributed by atoms with E-state index in [0.717, 1.165) is 44.5 Å². The molecule has 1 fully saturated rings. The number of carbonyl (C=O) groups is 2. The van der Waals surface area contributed by atoms with Crippen LogP contribution in [0.1, 0.15) is 75.6 Å². The lowest BCUT2D eigenvalue weighted by Gasteiger charge is -2.58. The van der Waals surface area contributed by atoms with Crippen LogP contribution in [0.2, 0.25) is 0 Å². The highest BCUT2D eigenvalue weighted by atomic mass is 16.1. The lowest BCUT2D eigenvalue weighted by atomic mass is 9.41. The van der Waals surface area contributed by atoms with Gasteiger partial charge in [0.25, 0.3) is 0 Å². The van der Waals surface area contributed by atoms with Crippen molar-refractivity contribution < 1.29 is 9.59 Å². The van der Waals surface area contributed by atoms with E-state index in [2.05, 4.69) is 125 Å². The highest BCUT2D eigenvalue weighted by Crippen LogP contribution is 2.88. The largest absolute Gasteiger partial charge is 0.298 e. The summed E-state index contributed by atoms with van der Waals surface area (Å²) in [6, 6.07) is 42.1. The van der Waals surface area contributed by atoms with Crippen LogP contribution in [-0.2, 0) is 15.0 Å². The fourth-order valence-electron chi connectivity index (χ4n) is 10.5. The second kappa shape index (κ2) is 10.1. The normalized spacial score (nSPS) is 29.1. The van der Waals surface area contributed by atoms with Gasteiger partial charge in [0.1, 0.15) is 0 Å². The van der Waals surface area contributed by atoms with Crippen molar-refractivity contribution in [2.24, 2.45) is 16.2 Å². The van der Waals surface area contributed by atoms with E-state index in [9.17, 15) is 0 Å². The number of hydrogen-bond acceptors (Lipinski definition) is 2. The van der Waals surface area contributed by atoms with E-state index in [-0.39, 0.29) is 11.6 Å². The summed E-state index contributed by atoms with van der Waals surface area (Å²) in [6.07, 6.45) is 2.33. The molecule has 4 aromatic rings. The van der Waals surface area contributed by atoms with Gasteiger partial charge in [0.05, 0.1) is 21.7 Å². The van der Waals surface area contributed by atoms with Crippen molar-refractivity contribution in [2.75, 3.05) is 0 Å². The Morgan fingerprint density at radius 1 is 0.477 bits per heavy atom. The van der Waals surface area contributed by atoms with Crippen LogP contribution in [-0.4, -0.2) is 11.6 Å². The van der Waals surface area contributed by atoms with Crippen molar-refractivity contribution in [3.8, 4) is 0 Å². The van der Waals surface area contributed by atoms with Crippen LogP contribution in [0.3, 0.4) is 0 Å². The standard InChI is InChI=1S/C42H40O2/c1-5-33-34(29-21-13-9-14-22-29)42(32-27-19-12-20-28-32)40(7-3)36(31-25-17-11-18-26-31)35(30-23-15-10-16-24-30)39(6-2,38(40)44)41(42,8-4)37(33)43/h9-28H,5-8H2,1-4H3. The molecule has 1 saturated carbocycles. The minimum atomic E-state index is -1.01. The van der Waals surface area contributed by atoms with Gasteiger partial charge >= 0.3 is 0 Å². The molecule has 0 heterocycles. The average molecular weight is 577 g/mol. The maximum absolute atomic E-state index is 16.1. The van der Waals surface area contributed by atoms with Crippen molar-refractivity contribution in [1.82, 2.24) is 0 Å². The van der Waals surface area contributed by atoms with Crippen LogP contribution in [0.25, 0.3) is 16.7 Å². The maximum Gasteiger partial charge on any atom is 0.167 e. The molecule has 0 N–H and O–H groups in total. The van der Waals surface area contributed by atoms with Crippen LogP contribution in [0, 0.1) is 16.2 Å². The number of Topliss-reactive ketones (excluding diaryl/α,β-unsaturated/α-hetero) is 2. The van der Waals surface area contributed by atoms with Gasteiger partial charge in [0.15, 0.2) is 11.6 Å². The van der Waals surface area contributed by atoms with E-state index in [1.807, 2.05) is 24.3 Å². The minimum absolute atomic E-state index is 0.163. The van der Waals surface area contributed by atoms with Gasteiger partial charge in [-0.1, -0.05) is 149 Å². The predicted octanol–water partition coefficient (Wildman–Crippen LogP) is 9.77. The van der Waals surface area contributed by atoms with Gasteiger partial charge in [-0.25, -0.2) is 0 Å². The number of ketones is 2. The molecule has 7 rings (SSSR count). The smallest absolute Gasteiger partial charge is 0.167 e. The van der Waals surface area contributed by atoms with Gasteiger partial charge in [-0.15, -0.1) is 0 Å². The molecular weight excluding hydrogens is 536 g/mol. The summed E-state index contributed by atoms with van der Waals surface area (Å²) in [7, 11) is 0. The molecule has 44 heavy (non-hydrogen) atoms. The van der Waals surface area contributed by atoms with Gasteiger partial charge in [0.2, 0.25) is 0 Å². The third-order valence-electron chi connectivity index (χ3n) is 11.6. The fourth-order valence-corrected chi connectivity index (χ4v) is 10.5. The zero-order chi connectivity index (χ0) is 30.7. The summed E-state index contributed by atoms with van der Waals surface area (Å²) in [5, 5.41) is 0. The lowest BCUT2D eigenvalue weighted by Crippen LogP contribution is -2.58. The molecule has 2 heteroatoms. The maximum atomic E-state index is 16.1. The predicted molar refractivity (Wildman–Crippen MR) is 180 cm³/mol. The summed E-state index contributed by atoms with van der Waals surface area (Å²) in [5.41, 5.74) is 4.50. The average Bonchev–Trinajstić information content (AvgIpc) is 3.55. The molecule has 0 aromatic heterocycles. The van der Waals surface area contributed by atoms with Crippen LogP contribution >= 0.6 is 0 Å². The third-order valence-corrected chi connectivity index (χ3v) is 11.6. The number of benzene rings is 4. The molecule has 0 saturated heterocycles. The summed E-state index contributed by atoms with van der Waals surface area (Å²) in [4.78, 5) is 31.8. The van der Waals surface area contributed by atoms with Gasteiger partial charge in [-0.05, 0) is 64.7 Å². The first-order valence-corrected chi connectivity index (χ1v) is 16.3. The van der Waals surface area contributed by atoms with Crippen molar-refractivity contribution in [1.29, 1.82) is 0 Å². The molecule has 0 aliphatic heterocycles. The van der Waals surface area contributed by atoms with Gasteiger partial charge in [-0.3, -0.25) is 9.59 Å². The Kier molecular flexibility index (Phi) is 6.55. The zero-order valence-corrected chi connectivity index (χ0v) is 26.2. The lowest BCUT2D eigenvalue weighted by molar-refractivity contribution is -0.137. The molecule has 3 aliphatic rings. The van der Waals surface area contributed by atoms with E-state index >= 15 is 9.59 Å². The molecular formula is C42H40O2.